The molecular formula is C29H30N2O3. The highest BCUT2D eigenvalue weighted by molar-refractivity contribution is 5.97. The summed E-state index contributed by atoms with van der Waals surface area (Å²) in [6, 6.07) is 24.5. The van der Waals surface area contributed by atoms with E-state index in [4.69, 9.17) is 9.15 Å². The van der Waals surface area contributed by atoms with Crippen LogP contribution < -0.4 is 4.74 Å². The molecule has 0 unspecified atom stereocenters. The number of hydrogen-bond acceptors (Lipinski definition) is 5. The van der Waals surface area contributed by atoms with Gasteiger partial charge in [0.15, 0.2) is 5.78 Å². The second-order valence-corrected chi connectivity index (χ2v) is 9.04. The minimum absolute atomic E-state index is 0.151. The standard InChI is InChI=1S/C29H30N2O3/c1-21-3-5-22(6-4-21)24-9-12-29-25(17-24)18-27(34-29)19-30-13-15-31(16-14-30)20-28(32)23-7-10-26(33-2)11-8-23/h3-12,17-18H,13-16,19-20H2,1-2H3. The zero-order valence-electron chi connectivity index (χ0n) is 19.8. The topological polar surface area (TPSA) is 45.9 Å². The molecule has 1 aliphatic rings. The van der Waals surface area contributed by atoms with Crippen LogP contribution in [0.15, 0.2) is 77.2 Å². The Hall–Kier alpha value is -3.41. The van der Waals surface area contributed by atoms with Crippen molar-refractivity contribution < 1.29 is 13.9 Å². The molecule has 34 heavy (non-hydrogen) atoms. The molecule has 0 aliphatic carbocycles. The Kier molecular flexibility index (Phi) is 6.48. The molecule has 5 nitrogen and oxygen atoms in total. The van der Waals surface area contributed by atoms with Gasteiger partial charge in [-0.2, -0.15) is 0 Å². The first-order valence-electron chi connectivity index (χ1n) is 11.8. The van der Waals surface area contributed by atoms with Gasteiger partial charge < -0.3 is 9.15 Å². The lowest BCUT2D eigenvalue weighted by molar-refractivity contribution is 0.0834. The lowest BCUT2D eigenvalue weighted by atomic mass is 10.0. The second-order valence-electron chi connectivity index (χ2n) is 9.04. The van der Waals surface area contributed by atoms with E-state index in [1.54, 1.807) is 7.11 Å². The average Bonchev–Trinajstić information content (AvgIpc) is 3.27. The molecule has 174 valence electrons. The molecule has 0 spiro atoms. The zero-order chi connectivity index (χ0) is 23.5. The van der Waals surface area contributed by atoms with Gasteiger partial charge in [-0.25, -0.2) is 0 Å². The van der Waals surface area contributed by atoms with Crippen LogP contribution in [0.1, 0.15) is 21.7 Å². The van der Waals surface area contributed by atoms with Gasteiger partial charge in [0.2, 0.25) is 0 Å². The van der Waals surface area contributed by atoms with Gasteiger partial charge in [0.05, 0.1) is 20.2 Å². The first-order valence-corrected chi connectivity index (χ1v) is 11.8. The number of ether oxygens (including phenoxy) is 1. The summed E-state index contributed by atoms with van der Waals surface area (Å²) in [5, 5.41) is 1.14. The normalized spacial score (nSPS) is 15.0. The molecule has 3 aromatic carbocycles. The monoisotopic (exact) mass is 454 g/mol. The highest BCUT2D eigenvalue weighted by Gasteiger charge is 2.21. The first kappa shape index (κ1) is 22.4. The van der Waals surface area contributed by atoms with Crippen molar-refractivity contribution in [1.29, 1.82) is 0 Å². The lowest BCUT2D eigenvalue weighted by Crippen LogP contribution is -2.47. The fourth-order valence-corrected chi connectivity index (χ4v) is 4.50. The van der Waals surface area contributed by atoms with E-state index in [0.717, 1.165) is 60.8 Å². The van der Waals surface area contributed by atoms with Gasteiger partial charge in [-0.05, 0) is 60.5 Å². The molecule has 0 radical (unpaired) electrons. The Morgan fingerprint density at radius 1 is 0.853 bits per heavy atom. The average molecular weight is 455 g/mol. The van der Waals surface area contributed by atoms with Crippen LogP contribution in [0.5, 0.6) is 5.75 Å². The third-order valence-electron chi connectivity index (χ3n) is 6.58. The van der Waals surface area contributed by atoms with Crippen LogP contribution in [0.25, 0.3) is 22.1 Å². The summed E-state index contributed by atoms with van der Waals surface area (Å²) in [6.07, 6.45) is 0. The minimum atomic E-state index is 0.151. The molecular weight excluding hydrogens is 424 g/mol. The number of fused-ring (bicyclic) bond motifs is 1. The van der Waals surface area contributed by atoms with E-state index < -0.39 is 0 Å². The van der Waals surface area contributed by atoms with Crippen LogP contribution in [0, 0.1) is 6.92 Å². The number of benzene rings is 3. The molecule has 0 N–H and O–H groups in total. The Bertz CT molecular complexity index is 1270. The van der Waals surface area contributed by atoms with E-state index in [1.165, 1.54) is 16.7 Å². The smallest absolute Gasteiger partial charge is 0.176 e. The maximum absolute atomic E-state index is 12.6. The quantitative estimate of drug-likeness (QED) is 0.349. The number of Topliss-reactive ketones (excluding diaryl/α,β-unsaturated/α-hetero) is 1. The molecule has 0 amide bonds. The number of aryl methyl sites for hydroxylation is 1. The number of carbonyl (C=O) groups excluding carboxylic acids is 1. The minimum Gasteiger partial charge on any atom is -0.497 e. The van der Waals surface area contributed by atoms with Crippen molar-refractivity contribution in [2.45, 2.75) is 13.5 Å². The molecule has 1 saturated heterocycles. The summed E-state index contributed by atoms with van der Waals surface area (Å²) < 4.78 is 11.3. The summed E-state index contributed by atoms with van der Waals surface area (Å²) in [5.74, 6) is 1.90. The molecule has 4 aromatic rings. The van der Waals surface area contributed by atoms with E-state index in [2.05, 4.69) is 65.3 Å². The summed E-state index contributed by atoms with van der Waals surface area (Å²) in [6.45, 7) is 6.93. The highest BCUT2D eigenvalue weighted by Crippen LogP contribution is 2.27. The van der Waals surface area contributed by atoms with Crippen LogP contribution in [0.2, 0.25) is 0 Å². The van der Waals surface area contributed by atoms with Crippen molar-refractivity contribution >= 4 is 16.8 Å². The maximum atomic E-state index is 12.6. The fraction of sp³-hybridized carbons (Fsp3) is 0.276. The van der Waals surface area contributed by atoms with Crippen LogP contribution in [-0.2, 0) is 6.54 Å². The highest BCUT2D eigenvalue weighted by atomic mass is 16.5. The molecule has 0 saturated carbocycles. The van der Waals surface area contributed by atoms with Gasteiger partial charge in [0.25, 0.3) is 0 Å². The molecule has 1 aromatic heterocycles. The van der Waals surface area contributed by atoms with Gasteiger partial charge in [-0.15, -0.1) is 0 Å². The number of hydrogen-bond donors (Lipinski definition) is 0. The fourth-order valence-electron chi connectivity index (χ4n) is 4.50. The van der Waals surface area contributed by atoms with Crippen molar-refractivity contribution in [2.75, 3.05) is 39.8 Å². The van der Waals surface area contributed by atoms with Gasteiger partial charge >= 0.3 is 0 Å². The molecule has 0 atom stereocenters. The Balaban J connectivity index is 1.17. The Morgan fingerprint density at radius 2 is 1.53 bits per heavy atom. The maximum Gasteiger partial charge on any atom is 0.176 e. The molecule has 5 rings (SSSR count). The van der Waals surface area contributed by atoms with E-state index in [1.807, 2.05) is 24.3 Å². The SMILES string of the molecule is COc1ccc(C(=O)CN2CCN(Cc3cc4cc(-c5ccc(C)cc5)ccc4o3)CC2)cc1. The number of methoxy groups -OCH3 is 1. The van der Waals surface area contributed by atoms with Crippen molar-refractivity contribution in [3.05, 3.63) is 89.7 Å². The van der Waals surface area contributed by atoms with Crippen LogP contribution >= 0.6 is 0 Å². The third-order valence-corrected chi connectivity index (χ3v) is 6.58. The van der Waals surface area contributed by atoms with E-state index in [-0.39, 0.29) is 5.78 Å². The third kappa shape index (κ3) is 5.06. The molecule has 1 fully saturated rings. The zero-order valence-corrected chi connectivity index (χ0v) is 19.8. The predicted molar refractivity (Wildman–Crippen MR) is 135 cm³/mol. The number of nitrogens with zero attached hydrogens (tertiary/aromatic N) is 2. The number of rotatable bonds is 7. The number of piperazine rings is 1. The largest absolute Gasteiger partial charge is 0.497 e. The Morgan fingerprint density at radius 3 is 2.24 bits per heavy atom. The summed E-state index contributed by atoms with van der Waals surface area (Å²) in [7, 11) is 1.63. The van der Waals surface area contributed by atoms with Crippen molar-refractivity contribution in [3.8, 4) is 16.9 Å². The lowest BCUT2D eigenvalue weighted by Gasteiger charge is -2.33. The Labute approximate surface area is 200 Å². The van der Waals surface area contributed by atoms with Crippen molar-refractivity contribution in [1.82, 2.24) is 9.80 Å². The van der Waals surface area contributed by atoms with E-state index in [0.29, 0.717) is 6.54 Å². The number of carbonyl (C=O) groups is 1. The van der Waals surface area contributed by atoms with Gasteiger partial charge in [-0.3, -0.25) is 14.6 Å². The predicted octanol–water partition coefficient (Wildman–Crippen LogP) is 5.42. The molecule has 2 heterocycles. The summed E-state index contributed by atoms with van der Waals surface area (Å²) >= 11 is 0. The van der Waals surface area contributed by atoms with Gasteiger partial charge in [0, 0.05) is 37.1 Å². The molecule has 1 aliphatic heterocycles. The van der Waals surface area contributed by atoms with Crippen molar-refractivity contribution in [3.63, 3.8) is 0 Å². The van der Waals surface area contributed by atoms with Gasteiger partial charge in [-0.1, -0.05) is 35.9 Å². The first-order chi connectivity index (χ1) is 16.6. The van der Waals surface area contributed by atoms with Crippen LogP contribution in [0.3, 0.4) is 0 Å². The molecule has 0 bridgehead atoms. The number of ketones is 1. The summed E-state index contributed by atoms with van der Waals surface area (Å²) in [4.78, 5) is 17.2. The van der Waals surface area contributed by atoms with E-state index in [9.17, 15) is 4.79 Å². The second kappa shape index (κ2) is 9.84. The van der Waals surface area contributed by atoms with E-state index >= 15 is 0 Å². The number of furan rings is 1. The van der Waals surface area contributed by atoms with Gasteiger partial charge in [0.1, 0.15) is 17.1 Å². The van der Waals surface area contributed by atoms with Crippen LogP contribution in [-0.4, -0.2) is 55.4 Å². The summed E-state index contributed by atoms with van der Waals surface area (Å²) in [5.41, 5.74) is 5.34. The van der Waals surface area contributed by atoms with Crippen LogP contribution in [0.4, 0.5) is 0 Å². The molecule has 5 heteroatoms. The van der Waals surface area contributed by atoms with Crippen molar-refractivity contribution in [2.24, 2.45) is 0 Å².